The summed E-state index contributed by atoms with van der Waals surface area (Å²) in [5, 5.41) is 7.53. The van der Waals surface area contributed by atoms with E-state index in [1.165, 1.54) is 0 Å². The molecule has 2 rings (SSSR count). The molecular weight excluding hydrogens is 328 g/mol. The molecule has 0 amide bonds. The smallest absolute Gasteiger partial charge is 0.246 e. The molecule has 0 fully saturated rings. The van der Waals surface area contributed by atoms with Crippen molar-refractivity contribution < 1.29 is 14.0 Å². The zero-order chi connectivity index (χ0) is 17.5. The number of nitrogens with one attached hydrogen (secondary N) is 1. The maximum atomic E-state index is 5.32. The number of hydrogen-bond acceptors (Lipinski definition) is 6. The van der Waals surface area contributed by atoms with E-state index in [9.17, 15) is 0 Å². The van der Waals surface area contributed by atoms with Crippen LogP contribution in [0.25, 0.3) is 11.4 Å². The molecule has 128 valence electrons. The lowest BCUT2D eigenvalue weighted by molar-refractivity contribution is 0.323. The van der Waals surface area contributed by atoms with Gasteiger partial charge < -0.3 is 24.2 Å². The van der Waals surface area contributed by atoms with E-state index in [0.29, 0.717) is 41.4 Å². The summed E-state index contributed by atoms with van der Waals surface area (Å²) in [5.41, 5.74) is 0.772. The molecule has 2 aromatic rings. The van der Waals surface area contributed by atoms with Gasteiger partial charge in [0.05, 0.1) is 20.8 Å². The quantitative estimate of drug-likeness (QED) is 0.603. The standard InChI is InChI=1S/C16H20N4O3S/c1-5-8-20(16(24)17-2)10-14-18-15(19-23-14)11-6-7-12(21-3)13(9-11)22-4/h5-7,9H,1,8,10H2,2-4H3,(H,17,24). The van der Waals surface area contributed by atoms with Gasteiger partial charge in [-0.3, -0.25) is 0 Å². The molecule has 1 N–H and O–H groups in total. The van der Waals surface area contributed by atoms with E-state index in [2.05, 4.69) is 22.0 Å². The minimum Gasteiger partial charge on any atom is -0.493 e. The summed E-state index contributed by atoms with van der Waals surface area (Å²) >= 11 is 5.25. The van der Waals surface area contributed by atoms with E-state index < -0.39 is 0 Å². The Hall–Kier alpha value is -2.61. The third-order valence-electron chi connectivity index (χ3n) is 3.29. The Balaban J connectivity index is 2.21. The topological polar surface area (TPSA) is 72.7 Å². The number of hydrogen-bond donors (Lipinski definition) is 1. The van der Waals surface area contributed by atoms with Crippen molar-refractivity contribution in [2.24, 2.45) is 0 Å². The number of rotatable bonds is 7. The first kappa shape index (κ1) is 17.7. The molecule has 0 saturated carbocycles. The van der Waals surface area contributed by atoms with Gasteiger partial charge in [-0.15, -0.1) is 6.58 Å². The highest BCUT2D eigenvalue weighted by atomic mass is 32.1. The molecule has 24 heavy (non-hydrogen) atoms. The van der Waals surface area contributed by atoms with Crippen LogP contribution in [0.5, 0.6) is 11.5 Å². The van der Waals surface area contributed by atoms with Gasteiger partial charge in [0.15, 0.2) is 16.6 Å². The van der Waals surface area contributed by atoms with Crippen LogP contribution >= 0.6 is 12.2 Å². The fourth-order valence-electron chi connectivity index (χ4n) is 2.11. The Bertz CT molecular complexity index is 717. The van der Waals surface area contributed by atoms with Gasteiger partial charge in [0.25, 0.3) is 0 Å². The van der Waals surface area contributed by atoms with Crippen LogP contribution in [0, 0.1) is 0 Å². The van der Waals surface area contributed by atoms with E-state index in [1.54, 1.807) is 39.5 Å². The molecule has 1 heterocycles. The first-order chi connectivity index (χ1) is 11.6. The van der Waals surface area contributed by atoms with Gasteiger partial charge >= 0.3 is 0 Å². The summed E-state index contributed by atoms with van der Waals surface area (Å²) in [6, 6.07) is 5.44. The molecule has 0 aliphatic heterocycles. The predicted octanol–water partition coefficient (Wildman–Crippen LogP) is 2.25. The summed E-state index contributed by atoms with van der Waals surface area (Å²) in [6.45, 7) is 4.70. The third-order valence-corrected chi connectivity index (χ3v) is 3.75. The molecule has 1 aromatic carbocycles. The van der Waals surface area contributed by atoms with Crippen LogP contribution in [0.15, 0.2) is 35.4 Å². The zero-order valence-corrected chi connectivity index (χ0v) is 14.7. The maximum Gasteiger partial charge on any atom is 0.246 e. The SMILES string of the molecule is C=CCN(Cc1nc(-c2ccc(OC)c(OC)c2)no1)C(=S)NC. The Morgan fingerprint density at radius 1 is 1.38 bits per heavy atom. The van der Waals surface area contributed by atoms with Crippen molar-refractivity contribution in [3.05, 3.63) is 36.7 Å². The molecule has 0 saturated heterocycles. The van der Waals surface area contributed by atoms with Crippen LogP contribution in [0.3, 0.4) is 0 Å². The Labute approximate surface area is 146 Å². The minimum atomic E-state index is 0.395. The number of aromatic nitrogens is 2. The Morgan fingerprint density at radius 2 is 2.12 bits per heavy atom. The largest absolute Gasteiger partial charge is 0.493 e. The number of thiocarbonyl (C=S) groups is 1. The lowest BCUT2D eigenvalue weighted by Gasteiger charge is -2.21. The second kappa shape index (κ2) is 8.30. The Kier molecular flexibility index (Phi) is 6.14. The van der Waals surface area contributed by atoms with Crippen LogP contribution in [0.1, 0.15) is 5.89 Å². The monoisotopic (exact) mass is 348 g/mol. The molecule has 0 bridgehead atoms. The van der Waals surface area contributed by atoms with E-state index >= 15 is 0 Å². The zero-order valence-electron chi connectivity index (χ0n) is 13.9. The second-order valence-corrected chi connectivity index (χ2v) is 5.19. The number of methoxy groups -OCH3 is 2. The van der Waals surface area contributed by atoms with Gasteiger partial charge in [0, 0.05) is 19.2 Å². The minimum absolute atomic E-state index is 0.395. The first-order valence-corrected chi connectivity index (χ1v) is 7.66. The molecule has 0 unspecified atom stereocenters. The molecule has 0 aliphatic rings. The van der Waals surface area contributed by atoms with Gasteiger partial charge in [0.2, 0.25) is 11.7 Å². The van der Waals surface area contributed by atoms with Crippen LogP contribution in [0.4, 0.5) is 0 Å². The first-order valence-electron chi connectivity index (χ1n) is 7.25. The van der Waals surface area contributed by atoms with Crippen molar-refractivity contribution in [1.29, 1.82) is 0 Å². The number of nitrogens with zero attached hydrogens (tertiary/aromatic N) is 3. The summed E-state index contributed by atoms with van der Waals surface area (Å²) < 4.78 is 15.8. The summed E-state index contributed by atoms with van der Waals surface area (Å²) in [7, 11) is 4.93. The molecule has 1 aromatic heterocycles. The van der Waals surface area contributed by atoms with Gasteiger partial charge in [-0.1, -0.05) is 11.2 Å². The van der Waals surface area contributed by atoms with Crippen LogP contribution in [-0.4, -0.2) is 48.0 Å². The molecule has 0 radical (unpaired) electrons. The molecule has 7 nitrogen and oxygen atoms in total. The molecule has 0 atom stereocenters. The number of benzene rings is 1. The summed E-state index contributed by atoms with van der Waals surface area (Å²) in [6.07, 6.45) is 1.76. The Morgan fingerprint density at radius 3 is 2.75 bits per heavy atom. The van der Waals surface area contributed by atoms with Crippen molar-refractivity contribution in [3.8, 4) is 22.9 Å². The maximum absolute atomic E-state index is 5.32. The number of ether oxygens (including phenoxy) is 2. The third kappa shape index (κ3) is 4.02. The van der Waals surface area contributed by atoms with Crippen molar-refractivity contribution in [2.75, 3.05) is 27.8 Å². The second-order valence-electron chi connectivity index (χ2n) is 4.81. The molecular formula is C16H20N4O3S. The van der Waals surface area contributed by atoms with E-state index in [1.807, 2.05) is 11.0 Å². The average molecular weight is 348 g/mol. The van der Waals surface area contributed by atoms with Crippen molar-refractivity contribution >= 4 is 17.3 Å². The van der Waals surface area contributed by atoms with E-state index in [4.69, 9.17) is 26.2 Å². The average Bonchev–Trinajstić information content (AvgIpc) is 3.08. The lowest BCUT2D eigenvalue weighted by Crippen LogP contribution is -2.37. The fourth-order valence-corrected chi connectivity index (χ4v) is 2.25. The van der Waals surface area contributed by atoms with Crippen molar-refractivity contribution in [1.82, 2.24) is 20.4 Å². The van der Waals surface area contributed by atoms with Gasteiger partial charge in [0.1, 0.15) is 0 Å². The van der Waals surface area contributed by atoms with Crippen LogP contribution < -0.4 is 14.8 Å². The molecule has 0 spiro atoms. The summed E-state index contributed by atoms with van der Waals surface area (Å²) in [4.78, 5) is 6.28. The summed E-state index contributed by atoms with van der Waals surface area (Å²) in [5.74, 6) is 2.17. The predicted molar refractivity (Wildman–Crippen MR) is 95.1 cm³/mol. The fraction of sp³-hybridized carbons (Fsp3) is 0.312. The highest BCUT2D eigenvalue weighted by Gasteiger charge is 2.15. The highest BCUT2D eigenvalue weighted by Crippen LogP contribution is 2.31. The normalized spacial score (nSPS) is 10.1. The van der Waals surface area contributed by atoms with Gasteiger partial charge in [-0.2, -0.15) is 4.98 Å². The van der Waals surface area contributed by atoms with E-state index in [-0.39, 0.29) is 0 Å². The highest BCUT2D eigenvalue weighted by molar-refractivity contribution is 7.80. The van der Waals surface area contributed by atoms with E-state index in [0.717, 1.165) is 5.56 Å². The van der Waals surface area contributed by atoms with Gasteiger partial charge in [-0.05, 0) is 30.4 Å². The lowest BCUT2D eigenvalue weighted by atomic mass is 10.2. The molecule has 8 heteroatoms. The van der Waals surface area contributed by atoms with Crippen molar-refractivity contribution in [3.63, 3.8) is 0 Å². The molecule has 0 aliphatic carbocycles. The van der Waals surface area contributed by atoms with Crippen LogP contribution in [0.2, 0.25) is 0 Å². The van der Waals surface area contributed by atoms with Crippen LogP contribution in [-0.2, 0) is 6.54 Å². The van der Waals surface area contributed by atoms with Crippen molar-refractivity contribution in [2.45, 2.75) is 6.54 Å². The van der Waals surface area contributed by atoms with Gasteiger partial charge in [-0.25, -0.2) is 0 Å².